The third-order valence-electron chi connectivity index (χ3n) is 3.35. The number of hydrogen-bond acceptors (Lipinski definition) is 2. The Morgan fingerprint density at radius 3 is 2.47 bits per heavy atom. The standard InChI is InChI=1S/C17H30N2/c1-5-12-18-14-17(2,3)15-19(4)13-11-16-9-7-6-8-10-16/h6-10,18H,5,11-15H2,1-4H3. The maximum Gasteiger partial charge on any atom is 0.00419 e. The Bertz CT molecular complexity index is 332. The molecule has 19 heavy (non-hydrogen) atoms. The molecule has 0 saturated carbocycles. The van der Waals surface area contributed by atoms with Crippen molar-refractivity contribution in [3.05, 3.63) is 35.9 Å². The summed E-state index contributed by atoms with van der Waals surface area (Å²) in [5, 5.41) is 3.53. The summed E-state index contributed by atoms with van der Waals surface area (Å²) in [6, 6.07) is 10.7. The highest BCUT2D eigenvalue weighted by Crippen LogP contribution is 2.15. The van der Waals surface area contributed by atoms with Crippen molar-refractivity contribution in [2.24, 2.45) is 5.41 Å². The van der Waals surface area contributed by atoms with Crippen molar-refractivity contribution in [3.63, 3.8) is 0 Å². The van der Waals surface area contributed by atoms with Gasteiger partial charge in [0.1, 0.15) is 0 Å². The maximum absolute atomic E-state index is 3.53. The van der Waals surface area contributed by atoms with Crippen molar-refractivity contribution in [2.45, 2.75) is 33.6 Å². The Balaban J connectivity index is 2.27. The van der Waals surface area contributed by atoms with E-state index in [1.54, 1.807) is 0 Å². The normalized spacial score (nSPS) is 12.1. The quantitative estimate of drug-likeness (QED) is 0.688. The molecular weight excluding hydrogens is 232 g/mol. The van der Waals surface area contributed by atoms with E-state index in [9.17, 15) is 0 Å². The van der Waals surface area contributed by atoms with Gasteiger partial charge in [-0.2, -0.15) is 0 Å². The second-order valence-electron chi connectivity index (χ2n) is 6.31. The molecule has 1 aromatic carbocycles. The monoisotopic (exact) mass is 262 g/mol. The predicted octanol–water partition coefficient (Wildman–Crippen LogP) is 3.19. The molecule has 0 bridgehead atoms. The highest BCUT2D eigenvalue weighted by Gasteiger charge is 2.19. The summed E-state index contributed by atoms with van der Waals surface area (Å²) in [7, 11) is 2.23. The highest BCUT2D eigenvalue weighted by atomic mass is 15.1. The van der Waals surface area contributed by atoms with Crippen LogP contribution >= 0.6 is 0 Å². The van der Waals surface area contributed by atoms with Crippen LogP contribution in [-0.2, 0) is 6.42 Å². The largest absolute Gasteiger partial charge is 0.316 e. The molecule has 0 aromatic heterocycles. The zero-order chi connectivity index (χ0) is 14.1. The number of benzene rings is 1. The summed E-state index contributed by atoms with van der Waals surface area (Å²) < 4.78 is 0. The van der Waals surface area contributed by atoms with Crippen LogP contribution in [0.25, 0.3) is 0 Å². The summed E-state index contributed by atoms with van der Waals surface area (Å²) in [6.45, 7) is 11.4. The van der Waals surface area contributed by atoms with E-state index in [1.807, 2.05) is 0 Å². The molecule has 1 N–H and O–H groups in total. The van der Waals surface area contributed by atoms with Gasteiger partial charge in [0, 0.05) is 19.6 Å². The lowest BCUT2D eigenvalue weighted by atomic mass is 9.92. The fourth-order valence-electron chi connectivity index (χ4n) is 2.43. The second-order valence-corrected chi connectivity index (χ2v) is 6.31. The number of nitrogens with zero attached hydrogens (tertiary/aromatic N) is 1. The minimum atomic E-state index is 0.334. The van der Waals surface area contributed by atoms with Crippen molar-refractivity contribution in [1.29, 1.82) is 0 Å². The van der Waals surface area contributed by atoms with Crippen molar-refractivity contribution in [2.75, 3.05) is 33.2 Å². The van der Waals surface area contributed by atoms with Crippen LogP contribution in [0.1, 0.15) is 32.8 Å². The molecule has 0 heterocycles. The van der Waals surface area contributed by atoms with Gasteiger partial charge in [-0.05, 0) is 37.4 Å². The van der Waals surface area contributed by atoms with Gasteiger partial charge in [0.25, 0.3) is 0 Å². The van der Waals surface area contributed by atoms with Crippen LogP contribution in [-0.4, -0.2) is 38.1 Å². The first kappa shape index (κ1) is 16.2. The highest BCUT2D eigenvalue weighted by molar-refractivity contribution is 5.14. The molecule has 0 amide bonds. The Morgan fingerprint density at radius 1 is 1.16 bits per heavy atom. The molecule has 0 aliphatic rings. The van der Waals surface area contributed by atoms with Crippen LogP contribution in [0.2, 0.25) is 0 Å². The summed E-state index contributed by atoms with van der Waals surface area (Å²) in [5.74, 6) is 0. The SMILES string of the molecule is CCCNCC(C)(C)CN(C)CCc1ccccc1. The van der Waals surface area contributed by atoms with Crippen LogP contribution < -0.4 is 5.32 Å². The van der Waals surface area contributed by atoms with Crippen LogP contribution in [0.15, 0.2) is 30.3 Å². The molecule has 0 spiro atoms. The lowest BCUT2D eigenvalue weighted by molar-refractivity contribution is 0.206. The van der Waals surface area contributed by atoms with E-state index in [-0.39, 0.29) is 0 Å². The maximum atomic E-state index is 3.53. The Labute approximate surface area is 119 Å². The molecule has 0 atom stereocenters. The van der Waals surface area contributed by atoms with Gasteiger partial charge in [0.2, 0.25) is 0 Å². The van der Waals surface area contributed by atoms with Crippen LogP contribution in [0.4, 0.5) is 0 Å². The van der Waals surface area contributed by atoms with Gasteiger partial charge >= 0.3 is 0 Å². The number of hydrogen-bond donors (Lipinski definition) is 1. The van der Waals surface area contributed by atoms with E-state index < -0.39 is 0 Å². The fraction of sp³-hybridized carbons (Fsp3) is 0.647. The van der Waals surface area contributed by atoms with Gasteiger partial charge < -0.3 is 10.2 Å². The average molecular weight is 262 g/mol. The molecule has 0 unspecified atom stereocenters. The molecule has 0 aliphatic carbocycles. The van der Waals surface area contributed by atoms with Crippen LogP contribution in [0.3, 0.4) is 0 Å². The minimum Gasteiger partial charge on any atom is -0.316 e. The first-order valence-corrected chi connectivity index (χ1v) is 7.47. The summed E-state index contributed by atoms with van der Waals surface area (Å²) >= 11 is 0. The summed E-state index contributed by atoms with van der Waals surface area (Å²) in [6.07, 6.45) is 2.34. The van der Waals surface area contributed by atoms with E-state index >= 15 is 0 Å². The van der Waals surface area contributed by atoms with Crippen molar-refractivity contribution >= 4 is 0 Å². The van der Waals surface area contributed by atoms with Crippen molar-refractivity contribution in [1.82, 2.24) is 10.2 Å². The van der Waals surface area contributed by atoms with Crippen LogP contribution in [0, 0.1) is 5.41 Å². The van der Waals surface area contributed by atoms with Gasteiger partial charge in [-0.25, -0.2) is 0 Å². The van der Waals surface area contributed by atoms with E-state index in [1.165, 1.54) is 12.0 Å². The Hall–Kier alpha value is -0.860. The van der Waals surface area contributed by atoms with Gasteiger partial charge in [0.05, 0.1) is 0 Å². The van der Waals surface area contributed by atoms with Crippen LogP contribution in [0.5, 0.6) is 0 Å². The summed E-state index contributed by atoms with van der Waals surface area (Å²) in [5.41, 5.74) is 1.76. The molecule has 0 aliphatic heterocycles. The minimum absolute atomic E-state index is 0.334. The van der Waals surface area contributed by atoms with Gasteiger partial charge in [-0.1, -0.05) is 51.1 Å². The zero-order valence-corrected chi connectivity index (χ0v) is 13.1. The Kier molecular flexibility index (Phi) is 7.11. The first-order chi connectivity index (χ1) is 9.03. The molecule has 2 nitrogen and oxygen atoms in total. The fourth-order valence-corrected chi connectivity index (χ4v) is 2.43. The van der Waals surface area contributed by atoms with E-state index in [4.69, 9.17) is 0 Å². The summed E-state index contributed by atoms with van der Waals surface area (Å²) in [4.78, 5) is 2.45. The molecule has 1 rings (SSSR count). The first-order valence-electron chi connectivity index (χ1n) is 7.47. The van der Waals surface area contributed by atoms with Crippen molar-refractivity contribution < 1.29 is 0 Å². The molecule has 1 aromatic rings. The van der Waals surface area contributed by atoms with Gasteiger partial charge in [-0.15, -0.1) is 0 Å². The average Bonchev–Trinajstić information content (AvgIpc) is 2.37. The molecular formula is C17H30N2. The van der Waals surface area contributed by atoms with Gasteiger partial charge in [0.15, 0.2) is 0 Å². The third-order valence-corrected chi connectivity index (χ3v) is 3.35. The van der Waals surface area contributed by atoms with E-state index in [0.29, 0.717) is 5.41 Å². The molecule has 0 radical (unpaired) electrons. The van der Waals surface area contributed by atoms with Crippen molar-refractivity contribution in [3.8, 4) is 0 Å². The number of nitrogens with one attached hydrogen (secondary N) is 1. The lowest BCUT2D eigenvalue weighted by Crippen LogP contribution is -2.39. The molecule has 0 fully saturated rings. The number of likely N-dealkylation sites (N-methyl/N-ethyl adjacent to an activating group) is 1. The topological polar surface area (TPSA) is 15.3 Å². The van der Waals surface area contributed by atoms with E-state index in [2.05, 4.69) is 68.4 Å². The molecule has 108 valence electrons. The second kappa shape index (κ2) is 8.34. The lowest BCUT2D eigenvalue weighted by Gasteiger charge is -2.30. The Morgan fingerprint density at radius 2 is 1.84 bits per heavy atom. The third kappa shape index (κ3) is 7.34. The predicted molar refractivity (Wildman–Crippen MR) is 84.6 cm³/mol. The number of rotatable bonds is 9. The molecule has 2 heteroatoms. The smallest absolute Gasteiger partial charge is 0.00419 e. The zero-order valence-electron chi connectivity index (χ0n) is 13.1. The van der Waals surface area contributed by atoms with E-state index in [0.717, 1.165) is 32.6 Å². The van der Waals surface area contributed by atoms with Gasteiger partial charge in [-0.3, -0.25) is 0 Å². The molecule has 0 saturated heterocycles.